The molecule has 0 aliphatic heterocycles. The van der Waals surface area contributed by atoms with Crippen LogP contribution in [0.4, 0.5) is 0 Å². The van der Waals surface area contributed by atoms with Gasteiger partial charge in [-0.1, -0.05) is 29.7 Å². The molecule has 0 saturated carbocycles. The van der Waals surface area contributed by atoms with E-state index in [1.54, 1.807) is 18.2 Å². The van der Waals surface area contributed by atoms with Crippen molar-refractivity contribution >= 4 is 17.6 Å². The standard InChI is InChI=1S/C14H14ClNO3/c1-3-4-11-12(14(17)18)13(16-19-11)10-6-5-9(15)7-8(10)2/h5-7H,3-4H2,1-2H3,(H,17,18). The summed E-state index contributed by atoms with van der Waals surface area (Å²) < 4.78 is 5.17. The van der Waals surface area contributed by atoms with E-state index in [9.17, 15) is 9.90 Å². The van der Waals surface area contributed by atoms with Gasteiger partial charge in [0, 0.05) is 17.0 Å². The Hall–Kier alpha value is -1.81. The number of carboxylic acids is 1. The van der Waals surface area contributed by atoms with Gasteiger partial charge < -0.3 is 9.63 Å². The maximum Gasteiger partial charge on any atom is 0.341 e. The van der Waals surface area contributed by atoms with Crippen LogP contribution in [-0.4, -0.2) is 16.2 Å². The second-order valence-electron chi connectivity index (χ2n) is 4.34. The molecule has 0 saturated heterocycles. The molecule has 2 aromatic rings. The lowest BCUT2D eigenvalue weighted by Gasteiger charge is -2.04. The van der Waals surface area contributed by atoms with Crippen LogP contribution in [0.1, 0.15) is 35.0 Å². The molecule has 0 fully saturated rings. The number of aromatic carboxylic acids is 1. The Balaban J connectivity index is 2.58. The van der Waals surface area contributed by atoms with Crippen molar-refractivity contribution in [3.63, 3.8) is 0 Å². The Bertz CT molecular complexity index is 619. The minimum absolute atomic E-state index is 0.146. The van der Waals surface area contributed by atoms with Crippen molar-refractivity contribution in [3.8, 4) is 11.3 Å². The number of hydrogen-bond acceptors (Lipinski definition) is 3. The summed E-state index contributed by atoms with van der Waals surface area (Å²) in [6, 6.07) is 5.25. The van der Waals surface area contributed by atoms with Crippen LogP contribution in [-0.2, 0) is 6.42 Å². The monoisotopic (exact) mass is 279 g/mol. The summed E-state index contributed by atoms with van der Waals surface area (Å²) in [5.74, 6) is -0.603. The molecule has 1 aromatic carbocycles. The number of rotatable bonds is 4. The average Bonchev–Trinajstić information content (AvgIpc) is 2.73. The second-order valence-corrected chi connectivity index (χ2v) is 4.78. The largest absolute Gasteiger partial charge is 0.477 e. The number of carbonyl (C=O) groups is 1. The smallest absolute Gasteiger partial charge is 0.341 e. The Kier molecular flexibility index (Phi) is 3.90. The van der Waals surface area contributed by atoms with Gasteiger partial charge >= 0.3 is 5.97 Å². The second kappa shape index (κ2) is 5.45. The van der Waals surface area contributed by atoms with Crippen LogP contribution in [0.2, 0.25) is 5.02 Å². The molecular formula is C14H14ClNO3. The van der Waals surface area contributed by atoms with Crippen molar-refractivity contribution in [3.05, 3.63) is 40.1 Å². The summed E-state index contributed by atoms with van der Waals surface area (Å²) in [4.78, 5) is 11.4. The summed E-state index contributed by atoms with van der Waals surface area (Å²) >= 11 is 5.90. The van der Waals surface area contributed by atoms with E-state index in [1.807, 2.05) is 13.8 Å². The van der Waals surface area contributed by atoms with Crippen molar-refractivity contribution in [2.45, 2.75) is 26.7 Å². The van der Waals surface area contributed by atoms with Crippen LogP contribution in [0.15, 0.2) is 22.7 Å². The molecule has 0 aliphatic rings. The Morgan fingerprint density at radius 3 is 2.79 bits per heavy atom. The highest BCUT2D eigenvalue weighted by Crippen LogP contribution is 2.30. The molecule has 0 radical (unpaired) electrons. The number of hydrogen-bond donors (Lipinski definition) is 1. The van der Waals surface area contributed by atoms with Crippen LogP contribution in [0.25, 0.3) is 11.3 Å². The van der Waals surface area contributed by atoms with Crippen LogP contribution in [0.5, 0.6) is 0 Å². The molecule has 1 N–H and O–H groups in total. The van der Waals surface area contributed by atoms with Crippen LogP contribution in [0.3, 0.4) is 0 Å². The number of nitrogens with zero attached hydrogens (tertiary/aromatic N) is 1. The Morgan fingerprint density at radius 2 is 2.21 bits per heavy atom. The topological polar surface area (TPSA) is 63.3 Å². The Morgan fingerprint density at radius 1 is 1.47 bits per heavy atom. The van der Waals surface area contributed by atoms with Gasteiger partial charge in [0.05, 0.1) is 0 Å². The third kappa shape index (κ3) is 2.63. The molecule has 100 valence electrons. The van der Waals surface area contributed by atoms with E-state index in [0.717, 1.165) is 17.5 Å². The van der Waals surface area contributed by atoms with Crippen LogP contribution < -0.4 is 0 Å². The molecule has 0 spiro atoms. The number of aromatic nitrogens is 1. The molecular weight excluding hydrogens is 266 g/mol. The maximum absolute atomic E-state index is 11.4. The average molecular weight is 280 g/mol. The molecule has 0 aliphatic carbocycles. The van der Waals surface area contributed by atoms with E-state index in [4.69, 9.17) is 16.1 Å². The fourth-order valence-corrected chi connectivity index (χ4v) is 2.25. The molecule has 5 heteroatoms. The third-order valence-electron chi connectivity index (χ3n) is 2.90. The van der Waals surface area contributed by atoms with E-state index in [0.29, 0.717) is 22.9 Å². The number of benzene rings is 1. The van der Waals surface area contributed by atoms with Crippen molar-refractivity contribution < 1.29 is 14.4 Å². The predicted molar refractivity (Wildman–Crippen MR) is 72.6 cm³/mol. The first-order valence-corrected chi connectivity index (χ1v) is 6.40. The van der Waals surface area contributed by atoms with Crippen LogP contribution >= 0.6 is 11.6 Å². The minimum atomic E-state index is -1.02. The van der Waals surface area contributed by atoms with Gasteiger partial charge in [0.25, 0.3) is 0 Å². The van der Waals surface area contributed by atoms with Crippen molar-refractivity contribution in [1.29, 1.82) is 0 Å². The zero-order chi connectivity index (χ0) is 14.0. The molecule has 0 unspecified atom stereocenters. The lowest BCUT2D eigenvalue weighted by atomic mass is 10.0. The van der Waals surface area contributed by atoms with Gasteiger partial charge in [0.2, 0.25) is 0 Å². The number of carboxylic acid groups (broad SMARTS) is 1. The highest BCUT2D eigenvalue weighted by molar-refractivity contribution is 6.30. The van der Waals surface area contributed by atoms with E-state index < -0.39 is 5.97 Å². The summed E-state index contributed by atoms with van der Waals surface area (Å²) in [5, 5.41) is 13.9. The summed E-state index contributed by atoms with van der Waals surface area (Å²) in [5.41, 5.74) is 2.11. The molecule has 2 rings (SSSR count). The molecule has 1 aromatic heterocycles. The summed E-state index contributed by atoms with van der Waals surface area (Å²) in [6.45, 7) is 3.82. The predicted octanol–water partition coefficient (Wildman–Crippen LogP) is 3.95. The summed E-state index contributed by atoms with van der Waals surface area (Å²) in [6.07, 6.45) is 1.36. The lowest BCUT2D eigenvalue weighted by Crippen LogP contribution is -2.02. The van der Waals surface area contributed by atoms with Gasteiger partial charge in [-0.25, -0.2) is 4.79 Å². The SMILES string of the molecule is CCCc1onc(-c2ccc(Cl)cc2C)c1C(=O)O. The van der Waals surface area contributed by atoms with Crippen molar-refractivity contribution in [1.82, 2.24) is 5.16 Å². The van der Waals surface area contributed by atoms with Gasteiger partial charge in [0.15, 0.2) is 5.76 Å². The van der Waals surface area contributed by atoms with E-state index in [1.165, 1.54) is 0 Å². The normalized spacial score (nSPS) is 10.7. The molecule has 1 heterocycles. The quantitative estimate of drug-likeness (QED) is 0.920. The van der Waals surface area contributed by atoms with E-state index >= 15 is 0 Å². The van der Waals surface area contributed by atoms with Gasteiger partial charge in [0.1, 0.15) is 11.3 Å². The minimum Gasteiger partial charge on any atom is -0.477 e. The summed E-state index contributed by atoms with van der Waals surface area (Å²) in [7, 11) is 0. The van der Waals surface area contributed by atoms with Gasteiger partial charge in [-0.15, -0.1) is 0 Å². The lowest BCUT2D eigenvalue weighted by molar-refractivity contribution is 0.0695. The first-order chi connectivity index (χ1) is 9.04. The number of aryl methyl sites for hydroxylation is 2. The third-order valence-corrected chi connectivity index (χ3v) is 3.13. The molecule has 0 atom stereocenters. The van der Waals surface area contributed by atoms with E-state index in [2.05, 4.69) is 5.16 Å². The molecule has 0 amide bonds. The van der Waals surface area contributed by atoms with Crippen LogP contribution in [0, 0.1) is 6.92 Å². The maximum atomic E-state index is 11.4. The number of halogens is 1. The fraction of sp³-hybridized carbons (Fsp3) is 0.286. The zero-order valence-electron chi connectivity index (χ0n) is 10.7. The Labute approximate surface area is 116 Å². The van der Waals surface area contributed by atoms with Gasteiger partial charge in [-0.3, -0.25) is 0 Å². The van der Waals surface area contributed by atoms with E-state index in [-0.39, 0.29) is 5.56 Å². The highest BCUT2D eigenvalue weighted by Gasteiger charge is 2.23. The van der Waals surface area contributed by atoms with Crippen molar-refractivity contribution in [2.75, 3.05) is 0 Å². The zero-order valence-corrected chi connectivity index (χ0v) is 11.5. The van der Waals surface area contributed by atoms with Gasteiger partial charge in [-0.05, 0) is 31.0 Å². The highest BCUT2D eigenvalue weighted by atomic mass is 35.5. The van der Waals surface area contributed by atoms with Crippen molar-refractivity contribution in [2.24, 2.45) is 0 Å². The molecule has 0 bridgehead atoms. The molecule has 19 heavy (non-hydrogen) atoms. The molecule has 4 nitrogen and oxygen atoms in total. The first-order valence-electron chi connectivity index (χ1n) is 6.03. The fourth-order valence-electron chi connectivity index (χ4n) is 2.02. The first kappa shape index (κ1) is 13.6. The van der Waals surface area contributed by atoms with Gasteiger partial charge in [-0.2, -0.15) is 0 Å².